The number of rotatable bonds is 2. The molecule has 6 heteroatoms. The quantitative estimate of drug-likeness (QED) is 0.909. The van der Waals surface area contributed by atoms with E-state index < -0.39 is 6.09 Å². The lowest BCUT2D eigenvalue weighted by Gasteiger charge is -2.28. The molecule has 0 radical (unpaired) electrons. The van der Waals surface area contributed by atoms with E-state index in [1.54, 1.807) is 0 Å². The molecule has 2 heterocycles. The molecule has 2 unspecified atom stereocenters. The van der Waals surface area contributed by atoms with Gasteiger partial charge in [-0.1, -0.05) is 13.3 Å². The van der Waals surface area contributed by atoms with Crippen LogP contribution in [0.1, 0.15) is 38.2 Å². The van der Waals surface area contributed by atoms with Gasteiger partial charge in [-0.3, -0.25) is 0 Å². The van der Waals surface area contributed by atoms with Crippen LogP contribution in [0.15, 0.2) is 12.1 Å². The number of ether oxygens (including phenoxy) is 2. The summed E-state index contributed by atoms with van der Waals surface area (Å²) in [6, 6.07) is 3.67. The van der Waals surface area contributed by atoms with Gasteiger partial charge in [0.25, 0.3) is 0 Å². The predicted octanol–water partition coefficient (Wildman–Crippen LogP) is 2.91. The van der Waals surface area contributed by atoms with Gasteiger partial charge in [0.05, 0.1) is 13.1 Å². The smallest absolute Gasteiger partial charge is 0.407 e. The van der Waals surface area contributed by atoms with E-state index in [4.69, 9.17) is 14.6 Å². The number of hydrogen-bond donors (Lipinski definition) is 1. The van der Waals surface area contributed by atoms with Crippen LogP contribution in [0.5, 0.6) is 11.8 Å². The third-order valence-corrected chi connectivity index (χ3v) is 4.45. The minimum absolute atomic E-state index is 0.209. The first kappa shape index (κ1) is 14.9. The molecule has 1 aromatic heterocycles. The summed E-state index contributed by atoms with van der Waals surface area (Å²) in [5, 5.41) is 9.11. The fourth-order valence-corrected chi connectivity index (χ4v) is 3.08. The molecule has 1 aromatic rings. The Morgan fingerprint density at radius 2 is 2.23 bits per heavy atom. The van der Waals surface area contributed by atoms with E-state index in [1.807, 2.05) is 12.1 Å². The van der Waals surface area contributed by atoms with Gasteiger partial charge in [-0.05, 0) is 31.2 Å². The summed E-state index contributed by atoms with van der Waals surface area (Å²) in [6.07, 6.45) is 4.00. The first-order valence-electron chi connectivity index (χ1n) is 7.91. The summed E-state index contributed by atoms with van der Waals surface area (Å²) in [7, 11) is 0. The number of pyridine rings is 1. The summed E-state index contributed by atoms with van der Waals surface area (Å²) >= 11 is 0. The Balaban J connectivity index is 1.73. The molecule has 0 aromatic carbocycles. The Bertz CT molecular complexity index is 549. The highest BCUT2D eigenvalue weighted by Crippen LogP contribution is 2.29. The maximum absolute atomic E-state index is 11.1. The van der Waals surface area contributed by atoms with Crippen LogP contribution in [0.4, 0.5) is 4.79 Å². The zero-order valence-corrected chi connectivity index (χ0v) is 12.8. The lowest BCUT2D eigenvalue weighted by atomic mass is 9.88. The summed E-state index contributed by atoms with van der Waals surface area (Å²) < 4.78 is 11.6. The Labute approximate surface area is 130 Å². The Kier molecular flexibility index (Phi) is 4.36. The van der Waals surface area contributed by atoms with Crippen molar-refractivity contribution >= 4 is 6.09 Å². The minimum Gasteiger partial charge on any atom is -0.475 e. The van der Waals surface area contributed by atoms with E-state index in [1.165, 1.54) is 24.2 Å². The maximum Gasteiger partial charge on any atom is 0.407 e. The van der Waals surface area contributed by atoms with Crippen molar-refractivity contribution < 1.29 is 19.4 Å². The molecule has 2 aliphatic rings. The third kappa shape index (κ3) is 3.26. The molecule has 1 N–H and O–H groups in total. The van der Waals surface area contributed by atoms with E-state index >= 15 is 0 Å². The van der Waals surface area contributed by atoms with Crippen LogP contribution in [0.25, 0.3) is 0 Å². The summed E-state index contributed by atoms with van der Waals surface area (Å²) in [4.78, 5) is 16.9. The van der Waals surface area contributed by atoms with Gasteiger partial charge in [0.1, 0.15) is 12.7 Å². The van der Waals surface area contributed by atoms with E-state index in [0.717, 1.165) is 12.0 Å². The second kappa shape index (κ2) is 6.42. The lowest BCUT2D eigenvalue weighted by molar-refractivity contribution is 0.0965. The Hall–Kier alpha value is -1.98. The topological polar surface area (TPSA) is 71.9 Å². The second-order valence-electron chi connectivity index (χ2n) is 6.08. The zero-order chi connectivity index (χ0) is 15.5. The van der Waals surface area contributed by atoms with Crippen molar-refractivity contribution in [2.24, 2.45) is 5.92 Å². The average molecular weight is 306 g/mol. The van der Waals surface area contributed by atoms with Gasteiger partial charge < -0.3 is 19.5 Å². The number of nitrogens with zero attached hydrogens (tertiary/aromatic N) is 2. The van der Waals surface area contributed by atoms with E-state index in [-0.39, 0.29) is 6.10 Å². The van der Waals surface area contributed by atoms with Crippen molar-refractivity contribution in [2.75, 3.05) is 13.2 Å². The second-order valence-corrected chi connectivity index (χ2v) is 6.08. The van der Waals surface area contributed by atoms with Crippen molar-refractivity contribution in [1.29, 1.82) is 0 Å². The standard InChI is InChI=1S/C16H22N2O4/c1-11-4-2-3-5-13(11)22-14-7-6-12-10-18(16(19)20)8-9-21-15(12)17-14/h6-7,11,13H,2-5,8-10H2,1H3,(H,19,20). The molecule has 1 fully saturated rings. The van der Waals surface area contributed by atoms with Crippen molar-refractivity contribution in [1.82, 2.24) is 9.88 Å². The number of aromatic nitrogens is 1. The van der Waals surface area contributed by atoms with Gasteiger partial charge in [0.2, 0.25) is 11.8 Å². The predicted molar refractivity (Wildman–Crippen MR) is 80.2 cm³/mol. The van der Waals surface area contributed by atoms with Gasteiger partial charge in [0.15, 0.2) is 0 Å². The van der Waals surface area contributed by atoms with Crippen LogP contribution in [-0.4, -0.2) is 40.3 Å². The summed E-state index contributed by atoms with van der Waals surface area (Å²) in [6.45, 7) is 3.18. The summed E-state index contributed by atoms with van der Waals surface area (Å²) in [5.74, 6) is 1.60. The molecule has 0 saturated heterocycles. The van der Waals surface area contributed by atoms with Crippen LogP contribution in [-0.2, 0) is 6.54 Å². The average Bonchev–Trinajstić information content (AvgIpc) is 2.71. The van der Waals surface area contributed by atoms with Crippen LogP contribution < -0.4 is 9.47 Å². The third-order valence-electron chi connectivity index (χ3n) is 4.45. The number of carbonyl (C=O) groups is 1. The molecule has 1 saturated carbocycles. The van der Waals surface area contributed by atoms with Crippen LogP contribution in [0.2, 0.25) is 0 Å². The van der Waals surface area contributed by atoms with Crippen LogP contribution in [0.3, 0.4) is 0 Å². The molecule has 22 heavy (non-hydrogen) atoms. The Morgan fingerprint density at radius 1 is 1.41 bits per heavy atom. The van der Waals surface area contributed by atoms with Crippen LogP contribution >= 0.6 is 0 Å². The Morgan fingerprint density at radius 3 is 3.00 bits per heavy atom. The van der Waals surface area contributed by atoms with Gasteiger partial charge >= 0.3 is 6.09 Å². The van der Waals surface area contributed by atoms with E-state index in [2.05, 4.69) is 11.9 Å². The van der Waals surface area contributed by atoms with Gasteiger partial charge in [-0.25, -0.2) is 4.79 Å². The lowest BCUT2D eigenvalue weighted by Crippen LogP contribution is -2.30. The molecule has 120 valence electrons. The van der Waals surface area contributed by atoms with Crippen molar-refractivity contribution in [3.63, 3.8) is 0 Å². The molecule has 0 bridgehead atoms. The zero-order valence-electron chi connectivity index (χ0n) is 12.8. The molecule has 2 atom stereocenters. The van der Waals surface area contributed by atoms with Crippen LogP contribution in [0, 0.1) is 5.92 Å². The monoisotopic (exact) mass is 306 g/mol. The summed E-state index contributed by atoms with van der Waals surface area (Å²) in [5.41, 5.74) is 0.781. The van der Waals surface area contributed by atoms with Gasteiger partial charge in [-0.2, -0.15) is 4.98 Å². The SMILES string of the molecule is CC1CCCCC1Oc1ccc2c(n1)OCCN(C(=O)O)C2. The molecule has 1 aliphatic carbocycles. The number of fused-ring (bicyclic) bond motifs is 1. The number of hydrogen-bond acceptors (Lipinski definition) is 4. The van der Waals surface area contributed by atoms with Crippen molar-refractivity contribution in [3.8, 4) is 11.8 Å². The molecular formula is C16H22N2O4. The van der Waals surface area contributed by atoms with Gasteiger partial charge in [-0.15, -0.1) is 0 Å². The first-order valence-corrected chi connectivity index (χ1v) is 7.91. The highest BCUT2D eigenvalue weighted by molar-refractivity contribution is 5.65. The first-order chi connectivity index (χ1) is 10.6. The molecule has 3 rings (SSSR count). The van der Waals surface area contributed by atoms with Crippen molar-refractivity contribution in [3.05, 3.63) is 17.7 Å². The molecule has 1 aliphatic heterocycles. The molecular weight excluding hydrogens is 284 g/mol. The molecule has 6 nitrogen and oxygen atoms in total. The van der Waals surface area contributed by atoms with Gasteiger partial charge in [0, 0.05) is 11.6 Å². The normalized spacial score (nSPS) is 24.9. The van der Waals surface area contributed by atoms with E-state index in [0.29, 0.717) is 37.4 Å². The highest BCUT2D eigenvalue weighted by atomic mass is 16.5. The minimum atomic E-state index is -0.937. The van der Waals surface area contributed by atoms with E-state index in [9.17, 15) is 4.79 Å². The molecule has 0 spiro atoms. The largest absolute Gasteiger partial charge is 0.475 e. The fraction of sp³-hybridized carbons (Fsp3) is 0.625. The highest BCUT2D eigenvalue weighted by Gasteiger charge is 2.25. The molecule has 1 amide bonds. The number of carboxylic acid groups (broad SMARTS) is 1. The maximum atomic E-state index is 11.1. The van der Waals surface area contributed by atoms with Crippen molar-refractivity contribution in [2.45, 2.75) is 45.3 Å². The number of amides is 1. The fourth-order valence-electron chi connectivity index (χ4n) is 3.08.